The van der Waals surface area contributed by atoms with E-state index in [1.54, 1.807) is 0 Å². The number of rotatable bonds is 2. The maximum Gasteiger partial charge on any atom is 0.150 e. The van der Waals surface area contributed by atoms with Crippen LogP contribution >= 0.6 is 9.24 Å². The van der Waals surface area contributed by atoms with Gasteiger partial charge in [-0.05, 0) is 11.2 Å². The molecule has 0 bridgehead atoms. The first-order valence-corrected chi connectivity index (χ1v) is 4.21. The molecule has 0 aliphatic rings. The van der Waals surface area contributed by atoms with Gasteiger partial charge in [-0.15, -0.1) is 9.24 Å². The van der Waals surface area contributed by atoms with Crippen LogP contribution in [-0.2, 0) is 0 Å². The summed E-state index contributed by atoms with van der Waals surface area (Å²) in [5.41, 5.74) is 2.43. The SMILES string of the molecule is CC(P)c1ccc(C=O)cc1. The second-order valence-corrected chi connectivity index (χ2v) is 3.57. The number of carbonyl (C=O) groups excluding carboxylic acids is 1. The van der Waals surface area contributed by atoms with Crippen molar-refractivity contribution in [3.05, 3.63) is 35.4 Å². The molecule has 2 atom stereocenters. The van der Waals surface area contributed by atoms with E-state index in [2.05, 4.69) is 16.2 Å². The molecular formula is C9H11OP. The first-order chi connectivity index (χ1) is 5.24. The molecule has 58 valence electrons. The molecule has 1 aromatic carbocycles. The summed E-state index contributed by atoms with van der Waals surface area (Å²) in [5.74, 6) is 0. The van der Waals surface area contributed by atoms with E-state index in [9.17, 15) is 4.79 Å². The topological polar surface area (TPSA) is 17.1 Å². The van der Waals surface area contributed by atoms with E-state index in [1.165, 1.54) is 5.56 Å². The maximum absolute atomic E-state index is 10.3. The molecule has 2 unspecified atom stereocenters. The van der Waals surface area contributed by atoms with Gasteiger partial charge in [-0.1, -0.05) is 31.2 Å². The monoisotopic (exact) mass is 166 g/mol. The van der Waals surface area contributed by atoms with Gasteiger partial charge in [0.25, 0.3) is 0 Å². The van der Waals surface area contributed by atoms with Gasteiger partial charge in [-0.3, -0.25) is 4.79 Å². The Morgan fingerprint density at radius 1 is 1.36 bits per heavy atom. The van der Waals surface area contributed by atoms with Crippen molar-refractivity contribution in [3.63, 3.8) is 0 Å². The summed E-state index contributed by atoms with van der Waals surface area (Å²) in [4.78, 5) is 10.3. The van der Waals surface area contributed by atoms with Gasteiger partial charge in [0.1, 0.15) is 6.29 Å². The normalized spacial score (nSPS) is 12.5. The standard InChI is InChI=1S/C9H11OP/c1-7(11)9-4-2-8(6-10)3-5-9/h2-7H,11H2,1H3. The number of aldehydes is 1. The van der Waals surface area contributed by atoms with Crippen LogP contribution in [0.2, 0.25) is 0 Å². The highest BCUT2D eigenvalue weighted by Gasteiger charge is 1.97. The van der Waals surface area contributed by atoms with E-state index in [0.29, 0.717) is 5.66 Å². The van der Waals surface area contributed by atoms with Crippen LogP contribution in [-0.4, -0.2) is 6.29 Å². The summed E-state index contributed by atoms with van der Waals surface area (Å²) in [5, 5.41) is 0. The number of carbonyl (C=O) groups is 1. The molecule has 2 heteroatoms. The molecule has 0 spiro atoms. The van der Waals surface area contributed by atoms with Crippen molar-refractivity contribution in [2.75, 3.05) is 0 Å². The smallest absolute Gasteiger partial charge is 0.150 e. The second kappa shape index (κ2) is 3.64. The first kappa shape index (κ1) is 8.42. The summed E-state index contributed by atoms with van der Waals surface area (Å²) < 4.78 is 0. The zero-order valence-electron chi connectivity index (χ0n) is 6.45. The summed E-state index contributed by atoms with van der Waals surface area (Å²) >= 11 is 0. The lowest BCUT2D eigenvalue weighted by Gasteiger charge is -2.03. The molecule has 11 heavy (non-hydrogen) atoms. The molecule has 0 heterocycles. The lowest BCUT2D eigenvalue weighted by Crippen LogP contribution is -1.84. The maximum atomic E-state index is 10.3. The Hall–Kier alpha value is -0.680. The van der Waals surface area contributed by atoms with E-state index < -0.39 is 0 Å². The van der Waals surface area contributed by atoms with E-state index in [0.717, 1.165) is 11.8 Å². The molecule has 0 aliphatic carbocycles. The summed E-state index contributed by atoms with van der Waals surface area (Å²) in [6.07, 6.45) is 0.858. The average molecular weight is 166 g/mol. The zero-order valence-corrected chi connectivity index (χ0v) is 7.60. The highest BCUT2D eigenvalue weighted by atomic mass is 31.0. The van der Waals surface area contributed by atoms with E-state index in [-0.39, 0.29) is 0 Å². The fourth-order valence-corrected chi connectivity index (χ4v) is 1.10. The molecule has 0 fully saturated rings. The van der Waals surface area contributed by atoms with Crippen LogP contribution in [0.5, 0.6) is 0 Å². The van der Waals surface area contributed by atoms with Gasteiger partial charge in [0, 0.05) is 5.56 Å². The van der Waals surface area contributed by atoms with Crippen LogP contribution in [0.25, 0.3) is 0 Å². The predicted molar refractivity (Wildman–Crippen MR) is 50.0 cm³/mol. The largest absolute Gasteiger partial charge is 0.298 e. The Balaban J connectivity index is 2.91. The van der Waals surface area contributed by atoms with Gasteiger partial charge < -0.3 is 0 Å². The molecule has 0 aliphatic heterocycles. The van der Waals surface area contributed by atoms with Crippen molar-refractivity contribution in [2.45, 2.75) is 12.6 Å². The van der Waals surface area contributed by atoms with Crippen molar-refractivity contribution in [3.8, 4) is 0 Å². The Bertz CT molecular complexity index is 238. The minimum Gasteiger partial charge on any atom is -0.298 e. The fourth-order valence-electron chi connectivity index (χ4n) is 0.878. The minimum absolute atomic E-state index is 0.454. The summed E-state index contributed by atoms with van der Waals surface area (Å²) in [6.45, 7) is 2.10. The molecule has 0 saturated carbocycles. The van der Waals surface area contributed by atoms with E-state index in [1.807, 2.05) is 24.3 Å². The molecule has 0 radical (unpaired) electrons. The van der Waals surface area contributed by atoms with Gasteiger partial charge in [-0.25, -0.2) is 0 Å². The van der Waals surface area contributed by atoms with Gasteiger partial charge in [0.15, 0.2) is 0 Å². The molecule has 0 N–H and O–H groups in total. The van der Waals surface area contributed by atoms with Crippen LogP contribution < -0.4 is 0 Å². The Kier molecular flexibility index (Phi) is 2.78. The molecule has 1 aromatic rings. The van der Waals surface area contributed by atoms with Crippen LogP contribution in [0, 0.1) is 0 Å². The highest BCUT2D eigenvalue weighted by molar-refractivity contribution is 7.17. The quantitative estimate of drug-likeness (QED) is 0.487. The third-order valence-electron chi connectivity index (χ3n) is 1.60. The lowest BCUT2D eigenvalue weighted by atomic mass is 10.1. The highest BCUT2D eigenvalue weighted by Crippen LogP contribution is 2.21. The third kappa shape index (κ3) is 2.13. The van der Waals surface area contributed by atoms with Crippen molar-refractivity contribution in [1.29, 1.82) is 0 Å². The Morgan fingerprint density at radius 3 is 2.27 bits per heavy atom. The predicted octanol–water partition coefficient (Wildman–Crippen LogP) is 2.44. The van der Waals surface area contributed by atoms with E-state index >= 15 is 0 Å². The number of benzene rings is 1. The molecule has 0 aromatic heterocycles. The van der Waals surface area contributed by atoms with E-state index in [4.69, 9.17) is 0 Å². The van der Waals surface area contributed by atoms with Crippen molar-refractivity contribution in [2.24, 2.45) is 0 Å². The Labute approximate surface area is 69.0 Å². The molecule has 0 saturated heterocycles. The van der Waals surface area contributed by atoms with Crippen LogP contribution in [0.1, 0.15) is 28.5 Å². The van der Waals surface area contributed by atoms with Gasteiger partial charge in [0.05, 0.1) is 0 Å². The van der Waals surface area contributed by atoms with Crippen molar-refractivity contribution >= 4 is 15.5 Å². The van der Waals surface area contributed by atoms with Crippen LogP contribution in [0.15, 0.2) is 24.3 Å². The van der Waals surface area contributed by atoms with Gasteiger partial charge in [-0.2, -0.15) is 0 Å². The lowest BCUT2D eigenvalue weighted by molar-refractivity contribution is 0.112. The van der Waals surface area contributed by atoms with Crippen molar-refractivity contribution in [1.82, 2.24) is 0 Å². The third-order valence-corrected chi connectivity index (χ3v) is 1.98. The molecular weight excluding hydrogens is 155 g/mol. The average Bonchev–Trinajstić information content (AvgIpc) is 2.05. The van der Waals surface area contributed by atoms with Crippen LogP contribution in [0.4, 0.5) is 0 Å². The Morgan fingerprint density at radius 2 is 1.91 bits per heavy atom. The molecule has 1 nitrogen and oxygen atoms in total. The van der Waals surface area contributed by atoms with Gasteiger partial charge in [0.2, 0.25) is 0 Å². The van der Waals surface area contributed by atoms with Crippen molar-refractivity contribution < 1.29 is 4.79 Å². The fraction of sp³-hybridized carbons (Fsp3) is 0.222. The summed E-state index contributed by atoms with van der Waals surface area (Å²) in [7, 11) is 2.72. The molecule has 0 amide bonds. The molecule has 1 rings (SSSR count). The second-order valence-electron chi connectivity index (χ2n) is 2.57. The first-order valence-electron chi connectivity index (χ1n) is 3.55. The van der Waals surface area contributed by atoms with Crippen LogP contribution in [0.3, 0.4) is 0 Å². The number of hydrogen-bond acceptors (Lipinski definition) is 1. The zero-order chi connectivity index (χ0) is 8.27. The number of hydrogen-bond donors (Lipinski definition) is 0. The van der Waals surface area contributed by atoms with Gasteiger partial charge >= 0.3 is 0 Å². The minimum atomic E-state index is 0.454. The summed E-state index contributed by atoms with van der Waals surface area (Å²) in [6, 6.07) is 7.62.